The number of halogens is 1. The van der Waals surface area contributed by atoms with Crippen LogP contribution >= 0.6 is 19.3 Å². The summed E-state index contributed by atoms with van der Waals surface area (Å²) in [6.45, 7) is 8.61. The van der Waals surface area contributed by atoms with Gasteiger partial charge < -0.3 is 24.8 Å². The number of alkyl halides is 1. The van der Waals surface area contributed by atoms with Gasteiger partial charge in [-0.25, -0.2) is 19.5 Å². The van der Waals surface area contributed by atoms with Crippen molar-refractivity contribution in [2.75, 3.05) is 18.9 Å². The molecule has 3 heterocycles. The normalized spacial score (nSPS) is 25.4. The van der Waals surface area contributed by atoms with Crippen LogP contribution in [0.2, 0.25) is 0 Å². The number of aliphatic hydroxyl groups excluding tert-OH is 1. The third-order valence-electron chi connectivity index (χ3n) is 6.09. The van der Waals surface area contributed by atoms with E-state index in [1.54, 1.807) is 37.3 Å². The molecule has 1 aliphatic rings. The van der Waals surface area contributed by atoms with Gasteiger partial charge in [-0.05, 0) is 31.4 Å². The minimum absolute atomic E-state index is 0.167. The highest BCUT2D eigenvalue weighted by atomic mass is 35.5. The van der Waals surface area contributed by atoms with Gasteiger partial charge in [0.2, 0.25) is 0 Å². The molecule has 1 aromatic carbocycles. The molecular weight excluding hydrogens is 563 g/mol. The monoisotopic (exact) mass is 596 g/mol. The van der Waals surface area contributed by atoms with Crippen LogP contribution in [0.15, 0.2) is 43.0 Å². The zero-order valence-corrected chi connectivity index (χ0v) is 24.5. The molecule has 3 aromatic rings. The average Bonchev–Trinajstić information content (AvgIpc) is 3.40. The zero-order valence-electron chi connectivity index (χ0n) is 22.9. The minimum Gasteiger partial charge on any atom is -0.464 e. The van der Waals surface area contributed by atoms with Gasteiger partial charge in [0.1, 0.15) is 40.7 Å². The van der Waals surface area contributed by atoms with Crippen molar-refractivity contribution in [1.82, 2.24) is 24.6 Å². The summed E-state index contributed by atoms with van der Waals surface area (Å²) in [5.74, 6) is -0.211. The first-order chi connectivity index (χ1) is 18.7. The standard InChI is InChI=1S/C25H34ClN6O7P/c1-15(22(34)36-12-24(2,3)4)31-40(35,39-16-9-7-6-8-10-16)37-11-17-19(33)25(5,26)23(38-17)32-14-30-18-20(27)28-13-29-21(18)32/h6-10,13-15,17,19,23,33H,11-12H2,1-5H3,(H,31,35)(H2,27,28,29)/t15?,17-,19-,23-,25-,40?/m1/s1. The Labute approximate surface area is 236 Å². The number of para-hydroxylation sites is 1. The molecule has 0 amide bonds. The average molecular weight is 597 g/mol. The summed E-state index contributed by atoms with van der Waals surface area (Å²) in [5.41, 5.74) is 6.35. The van der Waals surface area contributed by atoms with Gasteiger partial charge in [-0.15, -0.1) is 11.6 Å². The van der Waals surface area contributed by atoms with Gasteiger partial charge in [-0.2, -0.15) is 5.09 Å². The van der Waals surface area contributed by atoms with Crippen LogP contribution in [0, 0.1) is 5.41 Å². The Morgan fingerprint density at radius 1 is 1.30 bits per heavy atom. The van der Waals surface area contributed by atoms with E-state index >= 15 is 0 Å². The SMILES string of the molecule is CC(NP(=O)(OC[C@H]1O[C@@H](n2cnc3c(N)ncnc32)[C@](C)(Cl)[C@@H]1O)Oc1ccccc1)C(=O)OCC(C)(C)C. The molecule has 2 unspecified atom stereocenters. The number of rotatable bonds is 10. The molecule has 0 radical (unpaired) electrons. The topological polar surface area (TPSA) is 173 Å². The van der Waals surface area contributed by atoms with Crippen LogP contribution < -0.4 is 15.3 Å². The van der Waals surface area contributed by atoms with Gasteiger partial charge in [0.05, 0.1) is 19.5 Å². The number of nitrogens with one attached hydrogen (secondary N) is 1. The molecule has 0 spiro atoms. The highest BCUT2D eigenvalue weighted by Crippen LogP contribution is 2.48. The van der Waals surface area contributed by atoms with Gasteiger partial charge in [-0.3, -0.25) is 13.9 Å². The van der Waals surface area contributed by atoms with Crippen molar-refractivity contribution in [3.8, 4) is 5.75 Å². The molecule has 0 bridgehead atoms. The summed E-state index contributed by atoms with van der Waals surface area (Å²) in [6, 6.07) is 7.29. The molecule has 6 atom stereocenters. The smallest absolute Gasteiger partial charge is 0.459 e. The number of nitrogen functional groups attached to an aromatic ring is 1. The number of aromatic nitrogens is 4. The molecule has 0 aliphatic carbocycles. The van der Waals surface area contributed by atoms with E-state index in [9.17, 15) is 14.5 Å². The van der Waals surface area contributed by atoms with Crippen LogP contribution in [0.3, 0.4) is 0 Å². The number of imidazole rings is 1. The Morgan fingerprint density at radius 3 is 2.67 bits per heavy atom. The van der Waals surface area contributed by atoms with Gasteiger partial charge >= 0.3 is 13.7 Å². The number of hydrogen-bond donors (Lipinski definition) is 3. The van der Waals surface area contributed by atoms with E-state index in [4.69, 9.17) is 35.9 Å². The maximum Gasteiger partial charge on any atom is 0.459 e. The van der Waals surface area contributed by atoms with Crippen LogP contribution in [-0.2, 0) is 23.4 Å². The number of carbonyl (C=O) groups is 1. The molecule has 4 rings (SSSR count). The lowest BCUT2D eigenvalue weighted by Crippen LogP contribution is -2.40. The predicted octanol–water partition coefficient (Wildman–Crippen LogP) is 3.44. The van der Waals surface area contributed by atoms with Crippen molar-refractivity contribution in [3.63, 3.8) is 0 Å². The lowest BCUT2D eigenvalue weighted by molar-refractivity contribution is -0.148. The zero-order chi connectivity index (χ0) is 29.3. The van der Waals surface area contributed by atoms with Crippen molar-refractivity contribution >= 4 is 42.3 Å². The summed E-state index contributed by atoms with van der Waals surface area (Å²) in [7, 11) is -4.20. The fourth-order valence-corrected chi connectivity index (χ4v) is 5.78. The summed E-state index contributed by atoms with van der Waals surface area (Å²) < 4.78 is 38.2. The van der Waals surface area contributed by atoms with Crippen molar-refractivity contribution in [2.45, 2.75) is 64.0 Å². The van der Waals surface area contributed by atoms with Gasteiger partial charge in [0.25, 0.3) is 0 Å². The van der Waals surface area contributed by atoms with E-state index in [0.29, 0.717) is 11.2 Å². The highest BCUT2D eigenvalue weighted by Gasteiger charge is 2.54. The maximum atomic E-state index is 13.9. The second-order valence-electron chi connectivity index (χ2n) is 10.9. The largest absolute Gasteiger partial charge is 0.464 e. The number of nitrogens with zero attached hydrogens (tertiary/aromatic N) is 4. The van der Waals surface area contributed by atoms with E-state index in [0.717, 1.165) is 0 Å². The molecule has 13 nitrogen and oxygen atoms in total. The Hall–Kier alpha value is -2.80. The van der Waals surface area contributed by atoms with Gasteiger partial charge in [0, 0.05) is 0 Å². The first kappa shape index (κ1) is 30.2. The Bertz CT molecular complexity index is 1380. The van der Waals surface area contributed by atoms with Crippen LogP contribution in [0.1, 0.15) is 40.8 Å². The highest BCUT2D eigenvalue weighted by molar-refractivity contribution is 7.52. The fourth-order valence-electron chi connectivity index (χ4n) is 3.98. The lowest BCUT2D eigenvalue weighted by Gasteiger charge is -2.26. The Balaban J connectivity index is 1.51. The number of anilines is 1. The van der Waals surface area contributed by atoms with E-state index in [1.165, 1.54) is 24.1 Å². The second kappa shape index (κ2) is 11.6. The molecule has 218 valence electrons. The van der Waals surface area contributed by atoms with Crippen LogP contribution in [0.4, 0.5) is 5.82 Å². The van der Waals surface area contributed by atoms with Crippen molar-refractivity contribution in [1.29, 1.82) is 0 Å². The fraction of sp³-hybridized carbons (Fsp3) is 0.520. The minimum atomic E-state index is -4.20. The molecule has 15 heteroatoms. The first-order valence-electron chi connectivity index (χ1n) is 12.6. The van der Waals surface area contributed by atoms with Gasteiger partial charge in [-0.1, -0.05) is 39.0 Å². The lowest BCUT2D eigenvalue weighted by atomic mass is 9.99. The number of hydrogen-bond acceptors (Lipinski definition) is 11. The summed E-state index contributed by atoms with van der Waals surface area (Å²) in [5, 5.41) is 13.7. The molecular formula is C25H34ClN6O7P. The number of esters is 1. The third-order valence-corrected chi connectivity index (χ3v) is 8.14. The third kappa shape index (κ3) is 6.73. The molecule has 1 saturated heterocycles. The number of ether oxygens (including phenoxy) is 2. The van der Waals surface area contributed by atoms with E-state index in [-0.39, 0.29) is 23.6 Å². The molecule has 2 aromatic heterocycles. The molecule has 40 heavy (non-hydrogen) atoms. The molecule has 0 saturated carbocycles. The Kier molecular flexibility index (Phi) is 8.74. The Morgan fingerprint density at radius 2 is 2.00 bits per heavy atom. The number of fused-ring (bicyclic) bond motifs is 1. The number of benzene rings is 1. The second-order valence-corrected chi connectivity index (χ2v) is 13.4. The van der Waals surface area contributed by atoms with Crippen molar-refractivity contribution in [2.24, 2.45) is 5.41 Å². The summed E-state index contributed by atoms with van der Waals surface area (Å²) in [4.78, 5) is 23.6. The van der Waals surface area contributed by atoms with Gasteiger partial charge in [0.15, 0.2) is 17.7 Å². The maximum absolute atomic E-state index is 13.9. The van der Waals surface area contributed by atoms with E-state index < -0.39 is 49.7 Å². The molecule has 4 N–H and O–H groups in total. The van der Waals surface area contributed by atoms with E-state index in [1.807, 2.05) is 20.8 Å². The van der Waals surface area contributed by atoms with E-state index in [2.05, 4.69) is 20.0 Å². The first-order valence-corrected chi connectivity index (χ1v) is 14.5. The quantitative estimate of drug-likeness (QED) is 0.177. The van der Waals surface area contributed by atoms with Crippen LogP contribution in [-0.4, -0.2) is 66.9 Å². The van der Waals surface area contributed by atoms with Crippen LogP contribution in [0.5, 0.6) is 5.75 Å². The molecule has 1 aliphatic heterocycles. The predicted molar refractivity (Wildman–Crippen MR) is 148 cm³/mol. The summed E-state index contributed by atoms with van der Waals surface area (Å²) in [6.07, 6.45) is -0.529. The number of aliphatic hydroxyl groups is 1. The summed E-state index contributed by atoms with van der Waals surface area (Å²) >= 11 is 6.76. The number of nitrogens with two attached hydrogens (primary N) is 1. The van der Waals surface area contributed by atoms with Crippen molar-refractivity contribution < 1.29 is 33.0 Å². The molecule has 1 fully saturated rings. The van der Waals surface area contributed by atoms with Crippen molar-refractivity contribution in [3.05, 3.63) is 43.0 Å². The number of carbonyl (C=O) groups excluding carboxylic acids is 1. The van der Waals surface area contributed by atoms with Crippen LogP contribution in [0.25, 0.3) is 11.2 Å².